The monoisotopic (exact) mass is 332 g/mol. The predicted molar refractivity (Wildman–Crippen MR) is 85.4 cm³/mol. The molecule has 23 heavy (non-hydrogen) atoms. The normalized spacial score (nSPS) is 17.3. The van der Waals surface area contributed by atoms with E-state index in [0.29, 0.717) is 5.75 Å². The van der Waals surface area contributed by atoms with Crippen LogP contribution in [0.3, 0.4) is 0 Å². The zero-order chi connectivity index (χ0) is 16.2. The number of hydrogen-bond acceptors (Lipinski definition) is 5. The Bertz CT molecular complexity index is 687. The highest BCUT2D eigenvalue weighted by Crippen LogP contribution is 2.37. The molecule has 1 unspecified atom stereocenters. The summed E-state index contributed by atoms with van der Waals surface area (Å²) in [4.78, 5) is 28.1. The minimum Gasteiger partial charge on any atom is -0.497 e. The van der Waals surface area contributed by atoms with Gasteiger partial charge in [-0.25, -0.2) is 9.99 Å². The fraction of sp³-hybridized carbons (Fsp3) is 0.267. The molecule has 2 amide bonds. The summed E-state index contributed by atoms with van der Waals surface area (Å²) in [6.45, 7) is 0.115. The third-order valence-electron chi connectivity index (χ3n) is 3.40. The molecule has 3 rings (SSSR count). The molecular formula is C15H16N4O3S. The quantitative estimate of drug-likeness (QED) is 0.890. The van der Waals surface area contributed by atoms with E-state index in [1.165, 1.54) is 16.8 Å². The van der Waals surface area contributed by atoms with Crippen molar-refractivity contribution in [3.63, 3.8) is 0 Å². The Balaban J connectivity index is 1.70. The summed E-state index contributed by atoms with van der Waals surface area (Å²) in [7, 11) is 1.60. The first-order valence-corrected chi connectivity index (χ1v) is 8.05. The third-order valence-corrected chi connectivity index (χ3v) is 4.61. The van der Waals surface area contributed by atoms with E-state index >= 15 is 0 Å². The minimum absolute atomic E-state index is 0.115. The number of rotatable bonds is 5. The molecule has 1 saturated heterocycles. The number of nitrogens with one attached hydrogen (secondary N) is 1. The second-order valence-electron chi connectivity index (χ2n) is 4.97. The molecule has 0 bridgehead atoms. The van der Waals surface area contributed by atoms with Crippen molar-refractivity contribution in [1.82, 2.24) is 20.0 Å². The van der Waals surface area contributed by atoms with Crippen LogP contribution < -0.4 is 10.2 Å². The summed E-state index contributed by atoms with van der Waals surface area (Å²) in [5, 5.41) is 1.16. The van der Waals surface area contributed by atoms with Crippen molar-refractivity contribution in [2.75, 3.05) is 12.9 Å². The number of hydrogen-bond donors (Lipinski definition) is 1. The fourth-order valence-electron chi connectivity index (χ4n) is 2.28. The standard InChI is InChI=1S/C15H16N4O3S/c1-22-12-4-2-11(3-5-12)15-19(14(21)9-23-15)17-13(20)8-18-7-6-16-10-18/h2-7,10,15H,8-9H2,1H3,(H,17,20). The molecular weight excluding hydrogens is 316 g/mol. The summed E-state index contributed by atoms with van der Waals surface area (Å²) < 4.78 is 6.78. The molecule has 1 aromatic carbocycles. The van der Waals surface area contributed by atoms with Gasteiger partial charge >= 0.3 is 0 Å². The zero-order valence-electron chi connectivity index (χ0n) is 12.5. The van der Waals surface area contributed by atoms with Crippen LogP contribution in [0.25, 0.3) is 0 Å². The van der Waals surface area contributed by atoms with Crippen LogP contribution in [0.2, 0.25) is 0 Å². The van der Waals surface area contributed by atoms with E-state index in [0.717, 1.165) is 11.3 Å². The first-order valence-electron chi connectivity index (χ1n) is 7.00. The van der Waals surface area contributed by atoms with E-state index in [2.05, 4.69) is 10.4 Å². The second kappa shape index (κ2) is 6.74. The van der Waals surface area contributed by atoms with Gasteiger partial charge in [0.15, 0.2) is 0 Å². The summed E-state index contributed by atoms with van der Waals surface area (Å²) in [5.74, 6) is 0.702. The fourth-order valence-corrected chi connectivity index (χ4v) is 3.38. The molecule has 0 spiro atoms. The molecule has 7 nitrogen and oxygen atoms in total. The Morgan fingerprint density at radius 2 is 2.22 bits per heavy atom. The number of aromatic nitrogens is 2. The number of thioether (sulfide) groups is 1. The predicted octanol–water partition coefficient (Wildman–Crippen LogP) is 1.20. The molecule has 1 aliphatic heterocycles. The van der Waals surface area contributed by atoms with Gasteiger partial charge in [-0.05, 0) is 17.7 Å². The van der Waals surface area contributed by atoms with Crippen molar-refractivity contribution in [2.24, 2.45) is 0 Å². The number of methoxy groups -OCH3 is 1. The number of amides is 2. The number of benzene rings is 1. The van der Waals surface area contributed by atoms with Gasteiger partial charge in [-0.2, -0.15) is 0 Å². The van der Waals surface area contributed by atoms with E-state index in [-0.39, 0.29) is 23.7 Å². The molecule has 1 fully saturated rings. The Kier molecular flexibility index (Phi) is 4.52. The Morgan fingerprint density at radius 3 is 2.87 bits per heavy atom. The van der Waals surface area contributed by atoms with Crippen molar-refractivity contribution in [3.8, 4) is 5.75 Å². The Labute approximate surface area is 137 Å². The topological polar surface area (TPSA) is 76.5 Å². The first kappa shape index (κ1) is 15.4. The lowest BCUT2D eigenvalue weighted by atomic mass is 10.2. The molecule has 1 aliphatic rings. The second-order valence-corrected chi connectivity index (χ2v) is 6.04. The summed E-state index contributed by atoms with van der Waals surface area (Å²) in [6.07, 6.45) is 4.85. The van der Waals surface area contributed by atoms with Crippen molar-refractivity contribution in [1.29, 1.82) is 0 Å². The van der Waals surface area contributed by atoms with Crippen LogP contribution in [0.15, 0.2) is 43.0 Å². The largest absolute Gasteiger partial charge is 0.497 e. The number of nitrogens with zero attached hydrogens (tertiary/aromatic N) is 3. The molecule has 120 valence electrons. The lowest BCUT2D eigenvalue weighted by Crippen LogP contribution is -2.45. The molecule has 8 heteroatoms. The molecule has 1 atom stereocenters. The summed E-state index contributed by atoms with van der Waals surface area (Å²) in [5.41, 5.74) is 3.62. The van der Waals surface area contributed by atoms with Crippen molar-refractivity contribution in [3.05, 3.63) is 48.5 Å². The minimum atomic E-state index is -0.266. The van der Waals surface area contributed by atoms with Gasteiger partial charge in [0.05, 0.1) is 19.2 Å². The Hall–Kier alpha value is -2.48. The average Bonchev–Trinajstić information content (AvgIpc) is 3.18. The molecule has 0 aliphatic carbocycles. The van der Waals surface area contributed by atoms with E-state index < -0.39 is 0 Å². The van der Waals surface area contributed by atoms with Gasteiger partial charge in [0.25, 0.3) is 11.8 Å². The van der Waals surface area contributed by atoms with Crippen LogP contribution in [0, 0.1) is 0 Å². The van der Waals surface area contributed by atoms with Gasteiger partial charge in [0.1, 0.15) is 17.7 Å². The molecule has 0 radical (unpaired) electrons. The summed E-state index contributed by atoms with van der Waals surface area (Å²) in [6, 6.07) is 7.46. The van der Waals surface area contributed by atoms with Crippen LogP contribution in [-0.2, 0) is 16.1 Å². The van der Waals surface area contributed by atoms with Gasteiger partial charge in [0, 0.05) is 12.4 Å². The lowest BCUT2D eigenvalue weighted by Gasteiger charge is -2.24. The SMILES string of the molecule is COc1ccc(C2SCC(=O)N2NC(=O)Cn2ccnc2)cc1. The number of ether oxygens (including phenoxy) is 1. The van der Waals surface area contributed by atoms with Gasteiger partial charge < -0.3 is 9.30 Å². The van der Waals surface area contributed by atoms with Crippen LogP contribution >= 0.6 is 11.8 Å². The third kappa shape index (κ3) is 3.48. The van der Waals surface area contributed by atoms with Crippen molar-refractivity contribution >= 4 is 23.6 Å². The maximum absolute atomic E-state index is 12.1. The van der Waals surface area contributed by atoms with E-state index in [1.54, 1.807) is 30.4 Å². The van der Waals surface area contributed by atoms with Crippen molar-refractivity contribution in [2.45, 2.75) is 11.9 Å². The van der Waals surface area contributed by atoms with Crippen molar-refractivity contribution < 1.29 is 14.3 Å². The Morgan fingerprint density at radius 1 is 1.43 bits per heavy atom. The smallest absolute Gasteiger partial charge is 0.258 e. The maximum Gasteiger partial charge on any atom is 0.258 e. The zero-order valence-corrected chi connectivity index (χ0v) is 13.3. The molecule has 1 aromatic heterocycles. The van der Waals surface area contributed by atoms with Gasteiger partial charge in [-0.1, -0.05) is 12.1 Å². The lowest BCUT2D eigenvalue weighted by molar-refractivity contribution is -0.139. The van der Waals surface area contributed by atoms with Gasteiger partial charge in [0.2, 0.25) is 0 Å². The molecule has 1 N–H and O–H groups in total. The number of hydrazine groups is 1. The molecule has 0 saturated carbocycles. The number of carbonyl (C=O) groups excluding carboxylic acids is 2. The highest BCUT2D eigenvalue weighted by Gasteiger charge is 2.34. The van der Waals surface area contributed by atoms with Crippen LogP contribution in [0.1, 0.15) is 10.9 Å². The maximum atomic E-state index is 12.1. The number of carbonyl (C=O) groups is 2. The van der Waals surface area contributed by atoms with E-state index in [4.69, 9.17) is 4.74 Å². The van der Waals surface area contributed by atoms with Gasteiger partial charge in [-0.3, -0.25) is 15.0 Å². The van der Waals surface area contributed by atoms with E-state index in [1.807, 2.05) is 24.3 Å². The van der Waals surface area contributed by atoms with Crippen LogP contribution in [0.5, 0.6) is 5.75 Å². The highest BCUT2D eigenvalue weighted by molar-refractivity contribution is 8.00. The van der Waals surface area contributed by atoms with Gasteiger partial charge in [-0.15, -0.1) is 11.8 Å². The average molecular weight is 332 g/mol. The highest BCUT2D eigenvalue weighted by atomic mass is 32.2. The van der Waals surface area contributed by atoms with Crippen LogP contribution in [0.4, 0.5) is 0 Å². The first-order chi connectivity index (χ1) is 11.2. The summed E-state index contributed by atoms with van der Waals surface area (Å²) >= 11 is 1.48. The number of imidazole rings is 1. The van der Waals surface area contributed by atoms with Crippen LogP contribution in [-0.4, -0.2) is 39.2 Å². The molecule has 2 aromatic rings. The van der Waals surface area contributed by atoms with E-state index in [9.17, 15) is 9.59 Å². The molecule has 2 heterocycles.